The minimum atomic E-state index is -4.01. The third-order valence-electron chi connectivity index (χ3n) is 5.35. The van der Waals surface area contributed by atoms with Gasteiger partial charge < -0.3 is 4.90 Å². The first-order valence-electron chi connectivity index (χ1n) is 11.0. The van der Waals surface area contributed by atoms with Gasteiger partial charge in [0, 0.05) is 13.1 Å². The van der Waals surface area contributed by atoms with Crippen molar-refractivity contribution in [2.75, 3.05) is 10.3 Å². The van der Waals surface area contributed by atoms with Crippen LogP contribution >= 0.6 is 0 Å². The average molecular weight is 505 g/mol. The molecule has 1 heterocycles. The maximum absolute atomic E-state index is 12.7. The Labute approximate surface area is 208 Å². The summed E-state index contributed by atoms with van der Waals surface area (Å²) in [5, 5.41) is 12.2. The second-order valence-corrected chi connectivity index (χ2v) is 9.70. The SMILES string of the molecule is Cc1ccc(S(=O)(=O)NNc2ncnc(N(Cc3ccccc3)Cc3ccccc3)c2[N+](=O)[O-])cc1. The number of hydrazine groups is 1. The van der Waals surface area contributed by atoms with Crippen LogP contribution in [0.5, 0.6) is 0 Å². The Bertz CT molecular complexity index is 1390. The van der Waals surface area contributed by atoms with Gasteiger partial charge in [-0.1, -0.05) is 78.4 Å². The molecule has 184 valence electrons. The van der Waals surface area contributed by atoms with Crippen LogP contribution in [-0.2, 0) is 23.1 Å². The van der Waals surface area contributed by atoms with Gasteiger partial charge in [-0.25, -0.2) is 18.4 Å². The number of anilines is 2. The van der Waals surface area contributed by atoms with E-state index in [0.717, 1.165) is 23.0 Å². The van der Waals surface area contributed by atoms with Crippen LogP contribution in [-0.4, -0.2) is 23.3 Å². The molecule has 11 heteroatoms. The van der Waals surface area contributed by atoms with Gasteiger partial charge in [-0.05, 0) is 30.2 Å². The lowest BCUT2D eigenvalue weighted by Crippen LogP contribution is -2.31. The van der Waals surface area contributed by atoms with Crippen LogP contribution in [0.25, 0.3) is 0 Å². The zero-order valence-corrected chi connectivity index (χ0v) is 20.2. The van der Waals surface area contributed by atoms with Crippen molar-refractivity contribution in [3.8, 4) is 0 Å². The molecule has 0 radical (unpaired) electrons. The Morgan fingerprint density at radius 3 is 1.94 bits per heavy atom. The van der Waals surface area contributed by atoms with Gasteiger partial charge in [0.2, 0.25) is 11.6 Å². The summed E-state index contributed by atoms with van der Waals surface area (Å²) < 4.78 is 25.4. The average Bonchev–Trinajstić information content (AvgIpc) is 2.88. The lowest BCUT2D eigenvalue weighted by Gasteiger charge is -2.24. The maximum Gasteiger partial charge on any atom is 0.354 e. The molecule has 0 fully saturated rings. The van der Waals surface area contributed by atoms with Crippen molar-refractivity contribution < 1.29 is 13.3 Å². The Morgan fingerprint density at radius 2 is 1.42 bits per heavy atom. The van der Waals surface area contributed by atoms with Crippen molar-refractivity contribution in [1.82, 2.24) is 14.8 Å². The number of rotatable bonds is 10. The predicted molar refractivity (Wildman–Crippen MR) is 137 cm³/mol. The lowest BCUT2D eigenvalue weighted by molar-refractivity contribution is -0.383. The Kier molecular flexibility index (Phi) is 7.52. The summed E-state index contributed by atoms with van der Waals surface area (Å²) in [5.74, 6) is -0.216. The molecule has 0 saturated heterocycles. The molecule has 0 unspecified atom stereocenters. The van der Waals surface area contributed by atoms with Crippen LogP contribution < -0.4 is 15.2 Å². The van der Waals surface area contributed by atoms with Gasteiger partial charge >= 0.3 is 5.69 Å². The monoisotopic (exact) mass is 504 g/mol. The Hall–Kier alpha value is -4.35. The molecular weight excluding hydrogens is 480 g/mol. The smallest absolute Gasteiger partial charge is 0.342 e. The van der Waals surface area contributed by atoms with E-state index in [-0.39, 0.29) is 16.5 Å². The number of hydrogen-bond donors (Lipinski definition) is 2. The first-order valence-corrected chi connectivity index (χ1v) is 12.5. The van der Waals surface area contributed by atoms with E-state index in [4.69, 9.17) is 0 Å². The molecule has 0 atom stereocenters. The number of aryl methyl sites for hydroxylation is 1. The van der Waals surface area contributed by atoms with Crippen LogP contribution in [0.3, 0.4) is 0 Å². The second kappa shape index (κ2) is 10.9. The normalized spacial score (nSPS) is 11.1. The van der Waals surface area contributed by atoms with Crippen LogP contribution in [0.2, 0.25) is 0 Å². The minimum absolute atomic E-state index is 0.00677. The van der Waals surface area contributed by atoms with E-state index in [1.165, 1.54) is 12.1 Å². The van der Waals surface area contributed by atoms with Crippen molar-refractivity contribution in [2.45, 2.75) is 24.9 Å². The van der Waals surface area contributed by atoms with Crippen molar-refractivity contribution in [1.29, 1.82) is 0 Å². The number of aromatic nitrogens is 2. The molecule has 2 N–H and O–H groups in total. The molecule has 0 bridgehead atoms. The summed E-state index contributed by atoms with van der Waals surface area (Å²) in [4.78, 5) is 23.7. The highest BCUT2D eigenvalue weighted by Crippen LogP contribution is 2.33. The highest BCUT2D eigenvalue weighted by Gasteiger charge is 2.28. The van der Waals surface area contributed by atoms with E-state index >= 15 is 0 Å². The van der Waals surface area contributed by atoms with Gasteiger partial charge in [-0.3, -0.25) is 15.5 Å². The molecule has 1 aromatic heterocycles. The highest BCUT2D eigenvalue weighted by molar-refractivity contribution is 7.89. The molecule has 0 spiro atoms. The summed E-state index contributed by atoms with van der Waals surface area (Å²) in [6.07, 6.45) is 1.16. The van der Waals surface area contributed by atoms with Crippen molar-refractivity contribution in [2.24, 2.45) is 0 Å². The molecule has 4 aromatic rings. The molecule has 36 heavy (non-hydrogen) atoms. The molecule has 3 aromatic carbocycles. The standard InChI is InChI=1S/C25H24N6O4S/c1-19-12-14-22(15-13-19)36(34,35)29-28-24-23(31(32)33)25(27-18-26-24)30(16-20-8-4-2-5-9-20)17-21-10-6-3-7-11-21/h2-15,18,29H,16-17H2,1H3,(H,26,27,28). The van der Waals surface area contributed by atoms with Crippen molar-refractivity contribution in [3.05, 3.63) is 118 Å². The summed E-state index contributed by atoms with van der Waals surface area (Å²) in [7, 11) is -4.01. The summed E-state index contributed by atoms with van der Waals surface area (Å²) in [6.45, 7) is 2.51. The third-order valence-corrected chi connectivity index (χ3v) is 6.62. The van der Waals surface area contributed by atoms with Crippen LogP contribution in [0, 0.1) is 17.0 Å². The Balaban J connectivity index is 1.68. The van der Waals surface area contributed by atoms with Crippen LogP contribution in [0.4, 0.5) is 17.3 Å². The fourth-order valence-corrected chi connectivity index (χ4v) is 4.41. The second-order valence-electron chi connectivity index (χ2n) is 8.02. The van der Waals surface area contributed by atoms with E-state index < -0.39 is 20.6 Å². The molecule has 0 aliphatic carbocycles. The quantitative estimate of drug-likeness (QED) is 0.243. The Morgan fingerprint density at radius 1 is 0.861 bits per heavy atom. The number of nitrogens with one attached hydrogen (secondary N) is 2. The lowest BCUT2D eigenvalue weighted by atomic mass is 10.1. The van der Waals surface area contributed by atoms with E-state index in [1.54, 1.807) is 17.0 Å². The van der Waals surface area contributed by atoms with Gasteiger partial charge in [-0.2, -0.15) is 0 Å². The predicted octanol–water partition coefficient (Wildman–Crippen LogP) is 4.21. The fourth-order valence-electron chi connectivity index (χ4n) is 3.57. The van der Waals surface area contributed by atoms with E-state index in [1.807, 2.05) is 67.6 Å². The van der Waals surface area contributed by atoms with Crippen molar-refractivity contribution in [3.63, 3.8) is 0 Å². The van der Waals surface area contributed by atoms with E-state index in [0.29, 0.717) is 13.1 Å². The van der Waals surface area contributed by atoms with Crippen molar-refractivity contribution >= 4 is 27.3 Å². The summed E-state index contributed by atoms with van der Waals surface area (Å²) in [5.41, 5.74) is 4.72. The third kappa shape index (κ3) is 6.01. The van der Waals surface area contributed by atoms with Gasteiger partial charge in [0.25, 0.3) is 10.0 Å². The largest absolute Gasteiger partial charge is 0.354 e. The van der Waals surface area contributed by atoms with E-state index in [9.17, 15) is 18.5 Å². The molecule has 0 aliphatic rings. The number of sulfonamides is 1. The molecule has 4 rings (SSSR count). The van der Waals surface area contributed by atoms with Gasteiger partial charge in [0.15, 0.2) is 0 Å². The number of benzene rings is 3. The number of nitro groups is 1. The highest BCUT2D eigenvalue weighted by atomic mass is 32.2. The van der Waals surface area contributed by atoms with Gasteiger partial charge in [0.05, 0.1) is 9.82 Å². The first kappa shape index (κ1) is 24.8. The number of nitrogens with zero attached hydrogens (tertiary/aromatic N) is 4. The van der Waals surface area contributed by atoms with Gasteiger partial charge in [-0.15, -0.1) is 4.83 Å². The minimum Gasteiger partial charge on any atom is -0.342 e. The zero-order valence-electron chi connectivity index (χ0n) is 19.4. The zero-order chi connectivity index (χ0) is 25.5. The summed E-state index contributed by atoms with van der Waals surface area (Å²) >= 11 is 0. The van der Waals surface area contributed by atoms with Gasteiger partial charge in [0.1, 0.15) is 6.33 Å². The number of hydrogen-bond acceptors (Lipinski definition) is 8. The molecule has 0 amide bonds. The molecule has 10 nitrogen and oxygen atoms in total. The molecule has 0 aliphatic heterocycles. The fraction of sp³-hybridized carbons (Fsp3) is 0.120. The summed E-state index contributed by atoms with van der Waals surface area (Å²) in [6, 6.07) is 25.2. The first-order chi connectivity index (χ1) is 17.3. The van der Waals surface area contributed by atoms with E-state index in [2.05, 4.69) is 20.2 Å². The topological polar surface area (TPSA) is 130 Å². The maximum atomic E-state index is 12.7. The van der Waals surface area contributed by atoms with Crippen LogP contribution in [0.15, 0.2) is 96.2 Å². The molecular formula is C25H24N6O4S. The van der Waals surface area contributed by atoms with Crippen LogP contribution in [0.1, 0.15) is 16.7 Å². The molecule has 0 saturated carbocycles.